The number of methoxy groups -OCH3 is 4. The maximum atomic E-state index is 14.5. The molecule has 0 saturated carbocycles. The van der Waals surface area contributed by atoms with E-state index in [0.717, 1.165) is 0 Å². The lowest BCUT2D eigenvalue weighted by Crippen LogP contribution is -2.08. The van der Waals surface area contributed by atoms with Crippen molar-refractivity contribution in [3.63, 3.8) is 0 Å². The molecule has 0 bridgehead atoms. The van der Waals surface area contributed by atoms with Gasteiger partial charge in [0, 0.05) is 10.6 Å². The van der Waals surface area contributed by atoms with Crippen LogP contribution in [-0.2, 0) is 15.6 Å². The second-order valence-corrected chi connectivity index (χ2v) is 9.58. The Kier molecular flexibility index (Phi) is 8.06. The summed E-state index contributed by atoms with van der Waals surface area (Å²) in [5.74, 6) is 0.107. The van der Waals surface area contributed by atoms with E-state index in [9.17, 15) is 12.8 Å². The van der Waals surface area contributed by atoms with E-state index in [-0.39, 0.29) is 16.2 Å². The molecule has 3 aromatic rings. The molecular formula is C25H24ClFO6S. The number of halogens is 2. The van der Waals surface area contributed by atoms with Crippen molar-refractivity contribution in [3.8, 4) is 23.0 Å². The van der Waals surface area contributed by atoms with Gasteiger partial charge in [0.05, 0.1) is 39.1 Å². The van der Waals surface area contributed by atoms with E-state index in [4.69, 9.17) is 30.5 Å². The van der Waals surface area contributed by atoms with Crippen LogP contribution >= 0.6 is 11.6 Å². The van der Waals surface area contributed by atoms with Crippen molar-refractivity contribution < 1.29 is 31.8 Å². The van der Waals surface area contributed by atoms with Crippen LogP contribution in [0.4, 0.5) is 4.39 Å². The molecule has 180 valence electrons. The lowest BCUT2D eigenvalue weighted by atomic mass is 10.0. The lowest BCUT2D eigenvalue weighted by molar-refractivity contribution is 0.324. The van der Waals surface area contributed by atoms with E-state index in [0.29, 0.717) is 33.4 Å². The molecule has 0 aromatic heterocycles. The average molecular weight is 507 g/mol. The highest BCUT2D eigenvalue weighted by Gasteiger charge is 2.22. The van der Waals surface area contributed by atoms with E-state index in [1.165, 1.54) is 64.8 Å². The molecule has 0 fully saturated rings. The Labute approximate surface area is 203 Å². The first-order valence-corrected chi connectivity index (χ1v) is 12.1. The predicted molar refractivity (Wildman–Crippen MR) is 130 cm³/mol. The Bertz CT molecular complexity index is 1280. The Morgan fingerprint density at radius 1 is 0.824 bits per heavy atom. The zero-order valence-electron chi connectivity index (χ0n) is 19.1. The van der Waals surface area contributed by atoms with Gasteiger partial charge in [0.25, 0.3) is 0 Å². The minimum absolute atomic E-state index is 0.0720. The number of ether oxygens (including phenoxy) is 4. The largest absolute Gasteiger partial charge is 0.493 e. The first-order valence-electron chi connectivity index (χ1n) is 10.1. The SMILES string of the molecule is COc1cc(/C=C\c2ccc(F)c(OC)c2CS(=O)(=O)c2ccc(Cl)cc2)cc(OC)c1OC. The lowest BCUT2D eigenvalue weighted by Gasteiger charge is -2.14. The summed E-state index contributed by atoms with van der Waals surface area (Å²) >= 11 is 5.88. The third-order valence-electron chi connectivity index (χ3n) is 5.10. The van der Waals surface area contributed by atoms with Crippen LogP contribution < -0.4 is 18.9 Å². The van der Waals surface area contributed by atoms with Gasteiger partial charge in [-0.2, -0.15) is 0 Å². The summed E-state index contributed by atoms with van der Waals surface area (Å²) < 4.78 is 61.9. The summed E-state index contributed by atoms with van der Waals surface area (Å²) in [6.45, 7) is 0. The van der Waals surface area contributed by atoms with Crippen molar-refractivity contribution in [3.05, 3.63) is 76.1 Å². The molecule has 0 saturated heterocycles. The third-order valence-corrected chi connectivity index (χ3v) is 7.01. The van der Waals surface area contributed by atoms with Gasteiger partial charge in [-0.05, 0) is 53.6 Å². The number of benzene rings is 3. The van der Waals surface area contributed by atoms with Gasteiger partial charge in [0.15, 0.2) is 32.9 Å². The smallest absolute Gasteiger partial charge is 0.203 e. The van der Waals surface area contributed by atoms with Crippen LogP contribution in [-0.4, -0.2) is 36.9 Å². The average Bonchev–Trinajstić information content (AvgIpc) is 2.83. The molecule has 0 unspecified atom stereocenters. The van der Waals surface area contributed by atoms with Crippen molar-refractivity contribution in [2.75, 3.05) is 28.4 Å². The zero-order chi connectivity index (χ0) is 24.9. The van der Waals surface area contributed by atoms with E-state index < -0.39 is 21.4 Å². The first-order chi connectivity index (χ1) is 16.2. The van der Waals surface area contributed by atoms with Crippen molar-refractivity contribution >= 4 is 33.6 Å². The van der Waals surface area contributed by atoms with Crippen LogP contribution in [0.3, 0.4) is 0 Å². The summed E-state index contributed by atoms with van der Waals surface area (Å²) in [6, 6.07) is 12.0. The Balaban J connectivity index is 2.07. The van der Waals surface area contributed by atoms with Gasteiger partial charge in [-0.1, -0.05) is 29.8 Å². The van der Waals surface area contributed by atoms with E-state index in [1.54, 1.807) is 24.3 Å². The molecule has 0 spiro atoms. The fourth-order valence-electron chi connectivity index (χ4n) is 3.44. The molecule has 9 heteroatoms. The number of rotatable bonds is 9. The topological polar surface area (TPSA) is 71.1 Å². The van der Waals surface area contributed by atoms with Crippen LogP contribution in [0.1, 0.15) is 16.7 Å². The van der Waals surface area contributed by atoms with Gasteiger partial charge in [-0.25, -0.2) is 12.8 Å². The molecule has 34 heavy (non-hydrogen) atoms. The summed E-state index contributed by atoms with van der Waals surface area (Å²) in [5.41, 5.74) is 1.37. The van der Waals surface area contributed by atoms with Crippen LogP contribution in [0.2, 0.25) is 5.02 Å². The standard InChI is InChI=1S/C25H24ClFO6S/c1-30-22-13-16(14-23(31-2)25(22)33-4)5-6-17-7-12-21(27)24(32-3)20(17)15-34(28,29)19-10-8-18(26)9-11-19/h5-14H,15H2,1-4H3/b6-5-. The molecule has 0 atom stereocenters. The van der Waals surface area contributed by atoms with Crippen molar-refractivity contribution in [1.29, 1.82) is 0 Å². The molecule has 3 rings (SSSR count). The van der Waals surface area contributed by atoms with Gasteiger partial charge in [0.1, 0.15) is 0 Å². The molecule has 0 aliphatic carbocycles. The molecule has 3 aromatic carbocycles. The summed E-state index contributed by atoms with van der Waals surface area (Å²) in [5, 5.41) is 0.413. The number of sulfone groups is 1. The monoisotopic (exact) mass is 506 g/mol. The van der Waals surface area contributed by atoms with Crippen molar-refractivity contribution in [2.45, 2.75) is 10.6 Å². The molecule has 0 heterocycles. The minimum Gasteiger partial charge on any atom is -0.493 e. The normalized spacial score (nSPS) is 11.5. The Hall–Kier alpha value is -3.23. The van der Waals surface area contributed by atoms with E-state index in [1.807, 2.05) is 0 Å². The van der Waals surface area contributed by atoms with Crippen molar-refractivity contribution in [1.82, 2.24) is 0 Å². The quantitative estimate of drug-likeness (QED) is 0.349. The van der Waals surface area contributed by atoms with Gasteiger partial charge in [-0.15, -0.1) is 0 Å². The molecule has 0 N–H and O–H groups in total. The first kappa shape index (κ1) is 25.4. The maximum absolute atomic E-state index is 14.5. The zero-order valence-corrected chi connectivity index (χ0v) is 20.7. The summed E-state index contributed by atoms with van der Waals surface area (Å²) in [6.07, 6.45) is 3.41. The van der Waals surface area contributed by atoms with Gasteiger partial charge < -0.3 is 18.9 Å². The summed E-state index contributed by atoms with van der Waals surface area (Å²) in [7, 11) is 2.01. The summed E-state index contributed by atoms with van der Waals surface area (Å²) in [4.78, 5) is 0.0720. The van der Waals surface area contributed by atoms with Crippen LogP contribution in [0.25, 0.3) is 12.2 Å². The predicted octanol–water partition coefficient (Wildman–Crippen LogP) is 5.66. The second kappa shape index (κ2) is 10.8. The van der Waals surface area contributed by atoms with Crippen LogP contribution in [0, 0.1) is 5.82 Å². The fourth-order valence-corrected chi connectivity index (χ4v) is 4.96. The van der Waals surface area contributed by atoms with Gasteiger partial charge in [-0.3, -0.25) is 0 Å². The molecule has 6 nitrogen and oxygen atoms in total. The number of hydrogen-bond donors (Lipinski definition) is 0. The van der Waals surface area contributed by atoms with Gasteiger partial charge in [0.2, 0.25) is 5.75 Å². The van der Waals surface area contributed by atoms with Gasteiger partial charge >= 0.3 is 0 Å². The molecular weight excluding hydrogens is 483 g/mol. The molecule has 0 amide bonds. The molecule has 0 aliphatic rings. The highest BCUT2D eigenvalue weighted by Crippen LogP contribution is 2.39. The van der Waals surface area contributed by atoms with E-state index >= 15 is 0 Å². The fraction of sp³-hybridized carbons (Fsp3) is 0.200. The van der Waals surface area contributed by atoms with Crippen molar-refractivity contribution in [2.24, 2.45) is 0 Å². The highest BCUT2D eigenvalue weighted by atomic mass is 35.5. The maximum Gasteiger partial charge on any atom is 0.203 e. The van der Waals surface area contributed by atoms with E-state index in [2.05, 4.69) is 0 Å². The Morgan fingerprint density at radius 3 is 1.94 bits per heavy atom. The molecule has 0 radical (unpaired) electrons. The third kappa shape index (κ3) is 5.46. The second-order valence-electron chi connectivity index (χ2n) is 7.15. The molecule has 0 aliphatic heterocycles. The number of hydrogen-bond acceptors (Lipinski definition) is 6. The van der Waals surface area contributed by atoms with Crippen LogP contribution in [0.5, 0.6) is 23.0 Å². The highest BCUT2D eigenvalue weighted by molar-refractivity contribution is 7.90. The van der Waals surface area contributed by atoms with Crippen LogP contribution in [0.15, 0.2) is 53.4 Å². The minimum atomic E-state index is -3.81. The Morgan fingerprint density at radius 2 is 1.41 bits per heavy atom.